The van der Waals surface area contributed by atoms with Gasteiger partial charge >= 0.3 is 0 Å². The van der Waals surface area contributed by atoms with Crippen LogP contribution in [0.25, 0.3) is 0 Å². The summed E-state index contributed by atoms with van der Waals surface area (Å²) in [7, 11) is 0. The maximum atomic E-state index is 10.9. The van der Waals surface area contributed by atoms with Crippen LogP contribution in [0.15, 0.2) is 6.07 Å². The number of hydrogen-bond donors (Lipinski definition) is 1. The zero-order chi connectivity index (χ0) is 18.2. The lowest BCUT2D eigenvalue weighted by molar-refractivity contribution is -0.108. The van der Waals surface area contributed by atoms with E-state index in [0.29, 0.717) is 31.5 Å². The second-order valence-electron chi connectivity index (χ2n) is 8.51. The molecule has 3 atom stereocenters. The maximum absolute atomic E-state index is 10.9. The molecule has 0 radical (unpaired) electrons. The van der Waals surface area contributed by atoms with Crippen molar-refractivity contribution in [3.8, 4) is 0 Å². The molecule has 1 N–H and O–H groups in total. The molecule has 0 saturated carbocycles. The molecule has 2 aliphatic rings. The predicted octanol–water partition coefficient (Wildman–Crippen LogP) is 3.48. The van der Waals surface area contributed by atoms with Crippen LogP contribution in [0.3, 0.4) is 0 Å². The third-order valence-electron chi connectivity index (χ3n) is 5.76. The van der Waals surface area contributed by atoms with Crippen LogP contribution in [-0.2, 0) is 4.74 Å². The molecule has 0 aliphatic carbocycles. The molecule has 0 spiro atoms. The van der Waals surface area contributed by atoms with E-state index >= 15 is 0 Å². The first-order valence-corrected chi connectivity index (χ1v) is 9.75. The summed E-state index contributed by atoms with van der Waals surface area (Å²) in [6, 6.07) is 2.43. The van der Waals surface area contributed by atoms with Gasteiger partial charge in [-0.3, -0.25) is 0 Å². The molecule has 2 fully saturated rings. The van der Waals surface area contributed by atoms with Crippen LogP contribution in [0.4, 0.5) is 5.82 Å². The van der Waals surface area contributed by atoms with Crippen molar-refractivity contribution in [2.45, 2.75) is 77.4 Å². The molecule has 3 heterocycles. The quantitative estimate of drug-likeness (QED) is 0.903. The minimum absolute atomic E-state index is 0.128. The lowest BCUT2D eigenvalue weighted by Crippen LogP contribution is -2.52. The van der Waals surface area contributed by atoms with Crippen molar-refractivity contribution in [2.75, 3.05) is 24.7 Å². The zero-order valence-corrected chi connectivity index (χ0v) is 16.3. The largest absolute Gasteiger partial charge is 0.390 e. The Morgan fingerprint density at radius 3 is 2.64 bits per heavy atom. The zero-order valence-electron chi connectivity index (χ0n) is 16.3. The molecule has 3 rings (SSSR count). The van der Waals surface area contributed by atoms with E-state index in [9.17, 15) is 5.11 Å². The summed E-state index contributed by atoms with van der Waals surface area (Å²) in [5.74, 6) is 2.74. The normalized spacial score (nSPS) is 30.5. The molecule has 0 bridgehead atoms. The smallest absolute Gasteiger partial charge is 0.133 e. The predicted molar refractivity (Wildman–Crippen MR) is 100 cm³/mol. The third-order valence-corrected chi connectivity index (χ3v) is 5.76. The van der Waals surface area contributed by atoms with Gasteiger partial charge in [-0.15, -0.1) is 0 Å². The SMILES string of the molecule is CC(C)c1cc(N2CCC[C@@H]2[C@H]2COCC[C@@]2(C)O)nc(C(C)C)n1. The molecule has 140 valence electrons. The van der Waals surface area contributed by atoms with E-state index in [2.05, 4.69) is 38.7 Å². The Kier molecular flexibility index (Phi) is 5.35. The first-order valence-electron chi connectivity index (χ1n) is 9.75. The Hall–Kier alpha value is -1.20. The first-order chi connectivity index (χ1) is 11.8. The number of aliphatic hydroxyl groups is 1. The Bertz CT molecular complexity index is 574. The van der Waals surface area contributed by atoms with Crippen molar-refractivity contribution < 1.29 is 9.84 Å². The van der Waals surface area contributed by atoms with E-state index in [-0.39, 0.29) is 12.0 Å². The molecule has 5 heteroatoms. The van der Waals surface area contributed by atoms with Gasteiger partial charge < -0.3 is 14.7 Å². The number of nitrogens with zero attached hydrogens (tertiary/aromatic N) is 3. The highest BCUT2D eigenvalue weighted by Crippen LogP contribution is 2.38. The molecule has 0 amide bonds. The van der Waals surface area contributed by atoms with Crippen LogP contribution in [0.5, 0.6) is 0 Å². The average molecular weight is 348 g/mol. The van der Waals surface area contributed by atoms with Gasteiger partial charge in [0.2, 0.25) is 0 Å². The molecule has 2 aliphatic heterocycles. The fraction of sp³-hybridized carbons (Fsp3) is 0.800. The summed E-state index contributed by atoms with van der Waals surface area (Å²) >= 11 is 0. The van der Waals surface area contributed by atoms with Gasteiger partial charge in [-0.1, -0.05) is 27.7 Å². The Morgan fingerprint density at radius 2 is 2.00 bits per heavy atom. The van der Waals surface area contributed by atoms with E-state index in [1.54, 1.807) is 0 Å². The van der Waals surface area contributed by atoms with Crippen molar-refractivity contribution in [1.29, 1.82) is 0 Å². The molecule has 0 aromatic carbocycles. The fourth-order valence-corrected chi connectivity index (χ4v) is 4.05. The average Bonchev–Trinajstić information content (AvgIpc) is 3.03. The van der Waals surface area contributed by atoms with Gasteiger partial charge in [0.1, 0.15) is 11.6 Å². The van der Waals surface area contributed by atoms with Gasteiger partial charge in [0, 0.05) is 42.8 Å². The molecular formula is C20H33N3O2. The maximum Gasteiger partial charge on any atom is 0.133 e. The summed E-state index contributed by atoms with van der Waals surface area (Å²) in [6.07, 6.45) is 2.93. The second kappa shape index (κ2) is 7.20. The van der Waals surface area contributed by atoms with Crippen LogP contribution >= 0.6 is 0 Å². The Morgan fingerprint density at radius 1 is 1.24 bits per heavy atom. The van der Waals surface area contributed by atoms with Crippen molar-refractivity contribution in [3.63, 3.8) is 0 Å². The topological polar surface area (TPSA) is 58.5 Å². The summed E-state index contributed by atoms with van der Waals surface area (Å²) in [5.41, 5.74) is 0.436. The Labute approximate surface area is 151 Å². The fourth-order valence-electron chi connectivity index (χ4n) is 4.05. The number of hydrogen-bond acceptors (Lipinski definition) is 5. The number of rotatable bonds is 4. The van der Waals surface area contributed by atoms with E-state index in [4.69, 9.17) is 14.7 Å². The van der Waals surface area contributed by atoms with Crippen LogP contribution in [0, 0.1) is 5.92 Å². The Balaban J connectivity index is 1.94. The number of aromatic nitrogens is 2. The van der Waals surface area contributed by atoms with Crippen molar-refractivity contribution >= 4 is 5.82 Å². The molecule has 1 aromatic heterocycles. The molecule has 5 nitrogen and oxygen atoms in total. The van der Waals surface area contributed by atoms with Crippen molar-refractivity contribution in [1.82, 2.24) is 9.97 Å². The second-order valence-corrected chi connectivity index (χ2v) is 8.51. The minimum atomic E-state index is -0.666. The van der Waals surface area contributed by atoms with Crippen molar-refractivity contribution in [3.05, 3.63) is 17.6 Å². The lowest BCUT2D eigenvalue weighted by atomic mass is 9.79. The summed E-state index contributed by atoms with van der Waals surface area (Å²) in [6.45, 7) is 12.9. The van der Waals surface area contributed by atoms with Gasteiger partial charge in [-0.25, -0.2) is 9.97 Å². The molecular weight excluding hydrogens is 314 g/mol. The molecule has 1 aromatic rings. The van der Waals surface area contributed by atoms with Crippen LogP contribution in [0.2, 0.25) is 0 Å². The van der Waals surface area contributed by atoms with E-state index in [1.165, 1.54) is 0 Å². The lowest BCUT2D eigenvalue weighted by Gasteiger charge is -2.43. The van der Waals surface area contributed by atoms with Gasteiger partial charge in [-0.05, 0) is 32.1 Å². The highest BCUT2D eigenvalue weighted by atomic mass is 16.5. The van der Waals surface area contributed by atoms with Gasteiger partial charge in [-0.2, -0.15) is 0 Å². The van der Waals surface area contributed by atoms with Crippen molar-refractivity contribution in [2.24, 2.45) is 5.92 Å². The van der Waals surface area contributed by atoms with E-state index < -0.39 is 5.60 Å². The minimum Gasteiger partial charge on any atom is -0.390 e. The standard InChI is InChI=1S/C20H33N3O2/c1-13(2)16-11-18(22-19(21-16)14(3)4)23-9-6-7-17(23)15-12-25-10-8-20(15,5)24/h11,13-15,17,24H,6-10,12H2,1-5H3/t15-,17-,20-/m1/s1. The first kappa shape index (κ1) is 18.6. The monoisotopic (exact) mass is 347 g/mol. The number of anilines is 1. The highest BCUT2D eigenvalue weighted by Gasteiger charge is 2.44. The van der Waals surface area contributed by atoms with Gasteiger partial charge in [0.05, 0.1) is 12.2 Å². The van der Waals surface area contributed by atoms with Crippen LogP contribution in [0.1, 0.15) is 77.2 Å². The van der Waals surface area contributed by atoms with Gasteiger partial charge in [0.15, 0.2) is 0 Å². The summed E-state index contributed by atoms with van der Waals surface area (Å²) in [4.78, 5) is 12.0. The molecule has 0 unspecified atom stereocenters. The van der Waals surface area contributed by atoms with Gasteiger partial charge in [0.25, 0.3) is 0 Å². The third kappa shape index (κ3) is 3.82. The summed E-state index contributed by atoms with van der Waals surface area (Å²) in [5, 5.41) is 10.9. The van der Waals surface area contributed by atoms with Crippen LogP contribution < -0.4 is 4.90 Å². The van der Waals surface area contributed by atoms with Crippen LogP contribution in [-0.4, -0.2) is 46.5 Å². The molecule has 25 heavy (non-hydrogen) atoms. The summed E-state index contributed by atoms with van der Waals surface area (Å²) < 4.78 is 5.72. The van der Waals surface area contributed by atoms with E-state index in [1.807, 2.05) is 6.92 Å². The number of ether oxygens (including phenoxy) is 1. The molecule has 2 saturated heterocycles. The van der Waals surface area contributed by atoms with E-state index in [0.717, 1.165) is 36.7 Å². The highest BCUT2D eigenvalue weighted by molar-refractivity contribution is 5.44.